The standard InChI is InChI=1S/C26H34Cl2FNO3S/c1-5-9-34-10-8-26(3)13-21-19(7-6-18(25(21)33-26)11-17(2)14-29)24(31)12-20-22(27)15-30(32-4)16-23(20)28/h6-7,15,17H,5,8-14,16H2,1-4H3. The number of Topliss-reactive ketones (excluding diaryl/α,β-unsaturated/α-hetero) is 1. The molecule has 1 aromatic carbocycles. The SMILES string of the molecule is CCCSCCC1(C)Cc2c(C(=O)CC3=C(Cl)CN(OC)C=C3Cl)ccc(CC(C)CF)c2O1. The smallest absolute Gasteiger partial charge is 0.167 e. The normalized spacial score (nSPS) is 20.8. The molecule has 0 saturated carbocycles. The fraction of sp³-hybridized carbons (Fsp3) is 0.577. The second-order valence-electron chi connectivity index (χ2n) is 9.35. The van der Waals surface area contributed by atoms with Gasteiger partial charge in [0.05, 0.1) is 25.4 Å². The molecular formula is C26H34Cl2FNO3S. The van der Waals surface area contributed by atoms with E-state index in [4.69, 9.17) is 32.8 Å². The molecule has 2 aliphatic heterocycles. The van der Waals surface area contributed by atoms with E-state index < -0.39 is 6.67 Å². The Kier molecular flexibility index (Phi) is 9.79. The molecule has 0 amide bonds. The minimum atomic E-state index is -0.392. The Morgan fingerprint density at radius 1 is 1.35 bits per heavy atom. The quantitative estimate of drug-likeness (QED) is 0.213. The molecule has 4 nitrogen and oxygen atoms in total. The Morgan fingerprint density at radius 3 is 2.76 bits per heavy atom. The summed E-state index contributed by atoms with van der Waals surface area (Å²) >= 11 is 14.8. The van der Waals surface area contributed by atoms with Gasteiger partial charge in [0.2, 0.25) is 0 Å². The number of thioether (sulfide) groups is 1. The Morgan fingerprint density at radius 2 is 2.12 bits per heavy atom. The van der Waals surface area contributed by atoms with E-state index in [2.05, 4.69) is 13.8 Å². The molecule has 34 heavy (non-hydrogen) atoms. The van der Waals surface area contributed by atoms with Crippen LogP contribution >= 0.6 is 35.0 Å². The van der Waals surface area contributed by atoms with E-state index in [0.717, 1.165) is 41.2 Å². The first-order valence-electron chi connectivity index (χ1n) is 11.8. The van der Waals surface area contributed by atoms with E-state index in [1.807, 2.05) is 30.8 Å². The van der Waals surface area contributed by atoms with Gasteiger partial charge in [-0.25, -0.2) is 0 Å². The Labute approximate surface area is 216 Å². The van der Waals surface area contributed by atoms with Crippen molar-refractivity contribution in [3.05, 3.63) is 50.7 Å². The molecule has 2 aliphatic rings. The lowest BCUT2D eigenvalue weighted by molar-refractivity contribution is -0.0805. The Bertz CT molecular complexity index is 968. The van der Waals surface area contributed by atoms with E-state index in [9.17, 15) is 9.18 Å². The molecule has 8 heteroatoms. The average molecular weight is 531 g/mol. The summed E-state index contributed by atoms with van der Waals surface area (Å²) in [7, 11) is 1.54. The third-order valence-electron chi connectivity index (χ3n) is 6.24. The van der Waals surface area contributed by atoms with Crippen LogP contribution in [0.15, 0.2) is 34.0 Å². The Hall–Kier alpha value is -1.21. The lowest BCUT2D eigenvalue weighted by atomic mass is 9.88. The highest BCUT2D eigenvalue weighted by atomic mass is 35.5. The number of hydrogen-bond acceptors (Lipinski definition) is 5. The van der Waals surface area contributed by atoms with E-state index >= 15 is 0 Å². The van der Waals surface area contributed by atoms with Crippen LogP contribution in [0.25, 0.3) is 0 Å². The molecule has 0 bridgehead atoms. The van der Waals surface area contributed by atoms with Crippen LogP contribution in [0.4, 0.5) is 4.39 Å². The number of allylic oxidation sites excluding steroid dienone is 2. The summed E-state index contributed by atoms with van der Waals surface area (Å²) in [6, 6.07) is 3.77. The maximum Gasteiger partial charge on any atom is 0.167 e. The molecule has 0 aromatic heterocycles. The summed E-state index contributed by atoms with van der Waals surface area (Å²) in [4.78, 5) is 18.7. The number of halogens is 3. The number of fused-ring (bicyclic) bond motifs is 1. The largest absolute Gasteiger partial charge is 0.487 e. The van der Waals surface area contributed by atoms with Crippen molar-refractivity contribution in [3.8, 4) is 5.75 Å². The number of nitrogens with zero attached hydrogens (tertiary/aromatic N) is 1. The highest BCUT2D eigenvalue weighted by molar-refractivity contribution is 7.99. The monoisotopic (exact) mass is 529 g/mol. The summed E-state index contributed by atoms with van der Waals surface area (Å²) in [6.45, 7) is 6.11. The number of hydrogen-bond donors (Lipinski definition) is 0. The number of rotatable bonds is 12. The fourth-order valence-corrected chi connectivity index (χ4v) is 6.02. The molecule has 188 valence electrons. The van der Waals surface area contributed by atoms with Crippen LogP contribution in [0.5, 0.6) is 5.75 Å². The fourth-order valence-electron chi connectivity index (χ4n) is 4.33. The van der Waals surface area contributed by atoms with Crippen LogP contribution in [-0.2, 0) is 17.7 Å². The number of alkyl halides is 1. The van der Waals surface area contributed by atoms with Crippen molar-refractivity contribution in [3.63, 3.8) is 0 Å². The molecule has 0 saturated heterocycles. The minimum absolute atomic E-state index is 0.0554. The number of benzene rings is 1. The highest BCUT2D eigenvalue weighted by Crippen LogP contribution is 2.43. The van der Waals surface area contributed by atoms with Gasteiger partial charge in [-0.3, -0.25) is 19.1 Å². The summed E-state index contributed by atoms with van der Waals surface area (Å²) in [5.74, 6) is 2.71. The first-order valence-corrected chi connectivity index (χ1v) is 13.7. The molecule has 1 aromatic rings. The zero-order valence-electron chi connectivity index (χ0n) is 20.4. The number of hydroxylamine groups is 2. The number of ether oxygens (including phenoxy) is 1. The van der Waals surface area contributed by atoms with Crippen LogP contribution in [-0.4, -0.2) is 48.3 Å². The van der Waals surface area contributed by atoms with Crippen LogP contribution < -0.4 is 4.74 Å². The van der Waals surface area contributed by atoms with Crippen molar-refractivity contribution < 1.29 is 18.8 Å². The predicted octanol–water partition coefficient (Wildman–Crippen LogP) is 7.08. The lowest BCUT2D eigenvalue weighted by Gasteiger charge is -2.24. The summed E-state index contributed by atoms with van der Waals surface area (Å²) in [6.07, 6.45) is 4.99. The van der Waals surface area contributed by atoms with Gasteiger partial charge in [-0.2, -0.15) is 11.8 Å². The maximum absolute atomic E-state index is 13.5. The number of ketones is 1. The lowest BCUT2D eigenvalue weighted by Crippen LogP contribution is -2.31. The zero-order chi connectivity index (χ0) is 24.9. The van der Waals surface area contributed by atoms with E-state index in [-0.39, 0.29) is 23.7 Å². The van der Waals surface area contributed by atoms with Crippen molar-refractivity contribution in [2.24, 2.45) is 5.92 Å². The molecule has 0 N–H and O–H groups in total. The van der Waals surface area contributed by atoms with E-state index in [1.54, 1.807) is 6.20 Å². The van der Waals surface area contributed by atoms with Crippen LogP contribution in [0, 0.1) is 5.92 Å². The minimum Gasteiger partial charge on any atom is -0.487 e. The molecule has 0 fully saturated rings. The number of carbonyl (C=O) groups excluding carboxylic acids is 1. The molecule has 3 rings (SSSR count). The molecule has 2 heterocycles. The maximum atomic E-state index is 13.5. The van der Waals surface area contributed by atoms with Gasteiger partial charge < -0.3 is 4.74 Å². The van der Waals surface area contributed by atoms with Gasteiger partial charge in [0.15, 0.2) is 5.78 Å². The molecule has 0 aliphatic carbocycles. The predicted molar refractivity (Wildman–Crippen MR) is 140 cm³/mol. The van der Waals surface area contributed by atoms with Crippen molar-refractivity contribution >= 4 is 40.7 Å². The highest BCUT2D eigenvalue weighted by Gasteiger charge is 2.38. The second-order valence-corrected chi connectivity index (χ2v) is 11.4. The van der Waals surface area contributed by atoms with Crippen LogP contribution in [0.1, 0.15) is 61.5 Å². The van der Waals surface area contributed by atoms with E-state index in [0.29, 0.717) is 40.6 Å². The first-order chi connectivity index (χ1) is 16.2. The third-order valence-corrected chi connectivity index (χ3v) is 8.10. The average Bonchev–Trinajstić information content (AvgIpc) is 3.16. The van der Waals surface area contributed by atoms with Crippen molar-refractivity contribution in [2.45, 2.75) is 58.5 Å². The van der Waals surface area contributed by atoms with Crippen molar-refractivity contribution in [2.75, 3.05) is 31.8 Å². The van der Waals surface area contributed by atoms with Gasteiger partial charge in [-0.15, -0.1) is 0 Å². The molecule has 2 unspecified atom stereocenters. The molecule has 2 atom stereocenters. The van der Waals surface area contributed by atoms with Gasteiger partial charge in [-0.1, -0.05) is 49.2 Å². The Balaban J connectivity index is 1.87. The van der Waals surface area contributed by atoms with Crippen LogP contribution in [0.3, 0.4) is 0 Å². The molecule has 0 spiro atoms. The van der Waals surface area contributed by atoms with Gasteiger partial charge in [0.25, 0.3) is 0 Å². The topological polar surface area (TPSA) is 38.8 Å². The van der Waals surface area contributed by atoms with Crippen molar-refractivity contribution in [1.29, 1.82) is 0 Å². The molecular weight excluding hydrogens is 496 g/mol. The molecule has 0 radical (unpaired) electrons. The van der Waals surface area contributed by atoms with Gasteiger partial charge in [-0.05, 0) is 54.7 Å². The van der Waals surface area contributed by atoms with Crippen molar-refractivity contribution in [1.82, 2.24) is 5.06 Å². The van der Waals surface area contributed by atoms with Gasteiger partial charge >= 0.3 is 0 Å². The third kappa shape index (κ3) is 6.51. The summed E-state index contributed by atoms with van der Waals surface area (Å²) < 4.78 is 19.8. The van der Waals surface area contributed by atoms with Gasteiger partial charge in [0.1, 0.15) is 11.4 Å². The first kappa shape index (κ1) is 27.4. The van der Waals surface area contributed by atoms with Gasteiger partial charge in [0, 0.05) is 35.2 Å². The second kappa shape index (κ2) is 12.2. The summed E-state index contributed by atoms with van der Waals surface area (Å²) in [5.41, 5.74) is 2.74. The zero-order valence-corrected chi connectivity index (χ0v) is 22.7. The summed E-state index contributed by atoms with van der Waals surface area (Å²) in [5, 5.41) is 2.40. The van der Waals surface area contributed by atoms with E-state index in [1.165, 1.54) is 12.2 Å². The number of carbonyl (C=O) groups is 1. The van der Waals surface area contributed by atoms with Crippen LogP contribution in [0.2, 0.25) is 0 Å².